The van der Waals surface area contributed by atoms with Crippen molar-refractivity contribution in [1.29, 1.82) is 0 Å². The number of esters is 1. The summed E-state index contributed by atoms with van der Waals surface area (Å²) in [6, 6.07) is 4.74. The molecule has 1 aromatic heterocycles. The molecule has 0 saturated carbocycles. The number of fused-ring (bicyclic) bond motifs is 1. The van der Waals surface area contributed by atoms with Gasteiger partial charge in [0.1, 0.15) is 10.6 Å². The molecule has 10 heteroatoms. The van der Waals surface area contributed by atoms with Crippen molar-refractivity contribution in [2.24, 2.45) is 0 Å². The van der Waals surface area contributed by atoms with Crippen molar-refractivity contribution in [3.05, 3.63) is 68.1 Å². The van der Waals surface area contributed by atoms with E-state index in [0.717, 1.165) is 104 Å². The molecular formula is C34H44F3N3O3S. The Morgan fingerprint density at radius 1 is 1.05 bits per heavy atom. The third-order valence-corrected chi connectivity index (χ3v) is 9.25. The Morgan fingerprint density at radius 3 is 2.41 bits per heavy atom. The number of unbranched alkanes of at least 4 members (excludes halogenated alkanes) is 1. The lowest BCUT2D eigenvalue weighted by Crippen LogP contribution is -2.33. The molecule has 0 unspecified atom stereocenters. The highest BCUT2D eigenvalue weighted by Crippen LogP contribution is 2.39. The first-order valence-electron chi connectivity index (χ1n) is 15.5. The molecule has 2 amide bonds. The highest BCUT2D eigenvalue weighted by Gasteiger charge is 2.31. The Hall–Kier alpha value is -3.11. The molecule has 1 aliphatic carbocycles. The van der Waals surface area contributed by atoms with E-state index in [1.54, 1.807) is 0 Å². The number of hydrogen-bond donors (Lipinski definition) is 3. The van der Waals surface area contributed by atoms with Crippen LogP contribution in [0.15, 0.2) is 41.0 Å². The number of hydrogen-bond acceptors (Lipinski definition) is 5. The number of rotatable bonds is 9. The minimum Gasteiger partial charge on any atom is -0.456 e. The number of alkyl halides is 3. The molecule has 0 radical (unpaired) electrons. The highest BCUT2D eigenvalue weighted by atomic mass is 32.1. The average Bonchev–Trinajstić information content (AvgIpc) is 3.33. The van der Waals surface area contributed by atoms with Crippen LogP contribution in [-0.2, 0) is 23.8 Å². The maximum atomic E-state index is 13.4. The predicted molar refractivity (Wildman–Crippen MR) is 171 cm³/mol. The topological polar surface area (TPSA) is 79.5 Å². The van der Waals surface area contributed by atoms with Crippen molar-refractivity contribution in [2.45, 2.75) is 97.8 Å². The number of nitrogens with one attached hydrogen (secondary N) is 3. The highest BCUT2D eigenvalue weighted by molar-refractivity contribution is 7.17. The Morgan fingerprint density at radius 2 is 1.75 bits per heavy atom. The van der Waals surface area contributed by atoms with Gasteiger partial charge in [0.05, 0.1) is 11.1 Å². The van der Waals surface area contributed by atoms with Crippen LogP contribution >= 0.6 is 11.3 Å². The fourth-order valence-electron chi connectivity index (χ4n) is 5.79. The molecule has 1 aromatic carbocycles. The van der Waals surface area contributed by atoms with Gasteiger partial charge in [-0.05, 0) is 119 Å². The van der Waals surface area contributed by atoms with Gasteiger partial charge < -0.3 is 15.4 Å². The number of amides is 2. The fourth-order valence-corrected chi connectivity index (χ4v) is 7.07. The molecule has 0 fully saturated rings. The second kappa shape index (κ2) is 14.3. The first kappa shape index (κ1) is 33.8. The van der Waals surface area contributed by atoms with Gasteiger partial charge in [0, 0.05) is 18.0 Å². The van der Waals surface area contributed by atoms with Gasteiger partial charge in [0.2, 0.25) is 0 Å². The van der Waals surface area contributed by atoms with Crippen LogP contribution in [0.4, 0.5) is 23.0 Å². The fraction of sp³-hybridized carbons (Fsp3) is 0.529. The smallest absolute Gasteiger partial charge is 0.416 e. The lowest BCUT2D eigenvalue weighted by molar-refractivity contribution is -0.137. The Bertz CT molecular complexity index is 1420. The van der Waals surface area contributed by atoms with Crippen LogP contribution in [0.5, 0.6) is 0 Å². The molecule has 0 saturated heterocycles. The van der Waals surface area contributed by atoms with E-state index in [1.165, 1.54) is 29.0 Å². The summed E-state index contributed by atoms with van der Waals surface area (Å²) in [5.74, 6) is -0.439. The lowest BCUT2D eigenvalue weighted by atomic mass is 9.87. The molecular weight excluding hydrogens is 587 g/mol. The number of allylic oxidation sites excluding steroid dienone is 1. The van der Waals surface area contributed by atoms with E-state index >= 15 is 0 Å². The van der Waals surface area contributed by atoms with Crippen molar-refractivity contribution >= 4 is 33.9 Å². The first-order valence-corrected chi connectivity index (χ1v) is 16.3. The summed E-state index contributed by atoms with van der Waals surface area (Å²) in [7, 11) is 0. The largest absolute Gasteiger partial charge is 0.456 e. The van der Waals surface area contributed by atoms with Crippen LogP contribution in [0.1, 0.15) is 105 Å². The van der Waals surface area contributed by atoms with Gasteiger partial charge in [-0.15, -0.1) is 11.3 Å². The number of anilines is 1. The monoisotopic (exact) mass is 631 g/mol. The molecule has 44 heavy (non-hydrogen) atoms. The molecule has 2 aromatic rings. The number of urea groups is 1. The van der Waals surface area contributed by atoms with E-state index in [4.69, 9.17) is 4.74 Å². The van der Waals surface area contributed by atoms with Gasteiger partial charge in [0.15, 0.2) is 0 Å². The number of benzene rings is 1. The predicted octanol–water partition coefficient (Wildman–Crippen LogP) is 8.68. The molecule has 1 aliphatic heterocycles. The Labute approximate surface area is 262 Å². The van der Waals surface area contributed by atoms with Crippen LogP contribution in [0.25, 0.3) is 5.57 Å². The SMILES string of the molecule is CCCCC1=C(/C(CNC(=O)Nc2sc3c(c2C(=O)OC(C)(C)C)CCCC3)=C(\C)c2ccc(C(F)(F)F)cc2)CCNC1. The minimum absolute atomic E-state index is 0.191. The number of ether oxygens (including phenoxy) is 1. The number of halogens is 3. The Balaban J connectivity index is 1.63. The summed E-state index contributed by atoms with van der Waals surface area (Å²) in [6.07, 6.45) is 2.97. The van der Waals surface area contributed by atoms with Gasteiger partial charge in [-0.3, -0.25) is 5.32 Å². The number of carbonyl (C=O) groups is 2. The number of thiophene rings is 1. The molecule has 2 aliphatic rings. The van der Waals surface area contributed by atoms with E-state index < -0.39 is 29.3 Å². The summed E-state index contributed by atoms with van der Waals surface area (Å²) in [4.78, 5) is 27.7. The van der Waals surface area contributed by atoms with Crippen LogP contribution in [-0.4, -0.2) is 37.2 Å². The molecule has 240 valence electrons. The van der Waals surface area contributed by atoms with Crippen molar-refractivity contribution in [1.82, 2.24) is 10.6 Å². The molecule has 0 atom stereocenters. The number of carbonyl (C=O) groups excluding carboxylic acids is 2. The van der Waals surface area contributed by atoms with Crippen molar-refractivity contribution in [3.8, 4) is 0 Å². The zero-order valence-corrected chi connectivity index (χ0v) is 27.2. The maximum Gasteiger partial charge on any atom is 0.416 e. The van der Waals surface area contributed by atoms with Gasteiger partial charge in [0.25, 0.3) is 0 Å². The molecule has 0 bridgehead atoms. The van der Waals surface area contributed by atoms with Gasteiger partial charge in [-0.2, -0.15) is 13.2 Å². The summed E-state index contributed by atoms with van der Waals surface area (Å²) in [5.41, 5.74) is 4.85. The van der Waals surface area contributed by atoms with Crippen LogP contribution < -0.4 is 16.0 Å². The lowest BCUT2D eigenvalue weighted by Gasteiger charge is -2.26. The number of aryl methyl sites for hydroxylation is 1. The van der Waals surface area contributed by atoms with E-state index in [9.17, 15) is 22.8 Å². The molecule has 0 spiro atoms. The molecule has 4 rings (SSSR count). The van der Waals surface area contributed by atoms with Gasteiger partial charge >= 0.3 is 18.2 Å². The van der Waals surface area contributed by atoms with Gasteiger partial charge in [-0.25, -0.2) is 9.59 Å². The van der Waals surface area contributed by atoms with E-state index in [1.807, 2.05) is 27.7 Å². The van der Waals surface area contributed by atoms with Gasteiger partial charge in [-0.1, -0.05) is 31.1 Å². The maximum absolute atomic E-state index is 13.4. The van der Waals surface area contributed by atoms with Crippen LogP contribution in [0.3, 0.4) is 0 Å². The van der Waals surface area contributed by atoms with E-state index in [-0.39, 0.29) is 6.54 Å². The minimum atomic E-state index is -4.41. The van der Waals surface area contributed by atoms with E-state index in [2.05, 4.69) is 22.9 Å². The summed E-state index contributed by atoms with van der Waals surface area (Å²) >= 11 is 1.43. The van der Waals surface area contributed by atoms with Crippen LogP contribution in [0, 0.1) is 0 Å². The third kappa shape index (κ3) is 8.53. The molecule has 6 nitrogen and oxygen atoms in total. The molecule has 2 heterocycles. The zero-order valence-electron chi connectivity index (χ0n) is 26.4. The van der Waals surface area contributed by atoms with Crippen molar-refractivity contribution < 1.29 is 27.5 Å². The summed E-state index contributed by atoms with van der Waals surface area (Å²) in [5, 5.41) is 9.85. The van der Waals surface area contributed by atoms with E-state index in [0.29, 0.717) is 16.1 Å². The van der Waals surface area contributed by atoms with Crippen LogP contribution in [0.2, 0.25) is 0 Å². The third-order valence-electron chi connectivity index (χ3n) is 8.04. The summed E-state index contributed by atoms with van der Waals surface area (Å²) in [6.45, 7) is 11.2. The second-order valence-electron chi connectivity index (χ2n) is 12.5. The summed E-state index contributed by atoms with van der Waals surface area (Å²) < 4.78 is 45.5. The zero-order chi connectivity index (χ0) is 32.1. The van der Waals surface area contributed by atoms with Crippen molar-refractivity contribution in [2.75, 3.05) is 25.0 Å². The van der Waals surface area contributed by atoms with Crippen molar-refractivity contribution in [3.63, 3.8) is 0 Å². The Kier molecular flexibility index (Phi) is 11.0. The molecule has 3 N–H and O–H groups in total. The first-order chi connectivity index (χ1) is 20.8. The quantitative estimate of drug-likeness (QED) is 0.242. The normalized spacial score (nSPS) is 16.3. The average molecular weight is 632 g/mol. The standard InChI is InChI=1S/C34H44F3N3O3S/c1-6-7-10-23-19-38-18-17-25(23)27(21(2)22-13-15-24(16-14-22)34(35,36)37)20-39-32(42)40-30-29(31(41)43-33(3,4)5)26-11-8-9-12-28(26)44-30/h13-16,38H,6-12,17-20H2,1-5H3,(H2,39,40,42)/b27-21+. The second-order valence-corrected chi connectivity index (χ2v) is 13.6.